The average Bonchev–Trinajstić information content (AvgIpc) is 2.96. The number of hydrogen-bond donors (Lipinski definition) is 0. The third-order valence-corrected chi connectivity index (χ3v) is 14.0. The molecule has 0 nitrogen and oxygen atoms in total. The van der Waals surface area contributed by atoms with Gasteiger partial charge in [0, 0.05) is 0 Å². The van der Waals surface area contributed by atoms with E-state index in [1.807, 2.05) is 0 Å². The first-order valence-corrected chi connectivity index (χ1v) is 16.2. The molecule has 3 atom stereocenters. The molecular formula is C34H34P2. The monoisotopic (exact) mass is 504 g/mol. The fraction of sp³-hybridized carbons (Fsp3) is 0.235. The summed E-state index contributed by atoms with van der Waals surface area (Å²) in [4.78, 5) is 0. The zero-order valence-electron chi connectivity index (χ0n) is 20.8. The van der Waals surface area contributed by atoms with Gasteiger partial charge in [-0.25, -0.2) is 0 Å². The molecule has 3 unspecified atom stereocenters. The molecule has 4 aromatic rings. The van der Waals surface area contributed by atoms with Crippen LogP contribution < -0.4 is 21.2 Å². The summed E-state index contributed by atoms with van der Waals surface area (Å²) in [6.45, 7) is 0. The molecule has 0 aliphatic heterocycles. The molecule has 0 heterocycles. The first-order chi connectivity index (χ1) is 17.9. The molecule has 1 fully saturated rings. The zero-order chi connectivity index (χ0) is 24.2. The van der Waals surface area contributed by atoms with Crippen molar-refractivity contribution in [2.75, 3.05) is 0 Å². The molecule has 6 rings (SSSR count). The van der Waals surface area contributed by atoms with E-state index >= 15 is 0 Å². The molecule has 2 heteroatoms. The van der Waals surface area contributed by atoms with Crippen LogP contribution in [0.3, 0.4) is 0 Å². The lowest BCUT2D eigenvalue weighted by atomic mass is 9.77. The van der Waals surface area contributed by atoms with E-state index in [1.165, 1.54) is 53.3 Å². The Morgan fingerprint density at radius 1 is 0.500 bits per heavy atom. The minimum atomic E-state index is -0.478. The van der Waals surface area contributed by atoms with Gasteiger partial charge in [-0.1, -0.05) is 133 Å². The molecule has 0 spiro atoms. The van der Waals surface area contributed by atoms with Crippen molar-refractivity contribution in [2.45, 2.75) is 43.4 Å². The highest BCUT2D eigenvalue weighted by atomic mass is 31.1. The Hall–Kier alpha value is -2.52. The summed E-state index contributed by atoms with van der Waals surface area (Å²) in [5.74, 6) is 0.765. The lowest BCUT2D eigenvalue weighted by Crippen LogP contribution is -2.41. The summed E-state index contributed by atoms with van der Waals surface area (Å²) >= 11 is 0. The van der Waals surface area contributed by atoms with Gasteiger partial charge in [-0.05, 0) is 86.4 Å². The highest BCUT2D eigenvalue weighted by Crippen LogP contribution is 2.59. The highest BCUT2D eigenvalue weighted by molar-refractivity contribution is 7.77. The normalized spacial score (nSPS) is 21.7. The summed E-state index contributed by atoms with van der Waals surface area (Å²) in [7, 11) is -0.943. The van der Waals surface area contributed by atoms with E-state index in [9.17, 15) is 0 Å². The van der Waals surface area contributed by atoms with E-state index < -0.39 is 15.8 Å². The quantitative estimate of drug-likeness (QED) is 0.188. The minimum Gasteiger partial charge on any atom is -0.0850 e. The summed E-state index contributed by atoms with van der Waals surface area (Å²) in [6, 6.07) is 45.8. The molecule has 1 saturated carbocycles. The standard InChI is InChI=1S/C34H34P2/c1-5-17-29(18-6-1)35(30-19-7-2-8-20-30)33-25-27-15-13-14-16-28(27)26-34(33)36(31-21-9-3-10-22-31)32-23-11-4-12-24-32/h1-12,15,17-24,28,33-34H,13-14,16,25-26H2. The topological polar surface area (TPSA) is 0 Å². The van der Waals surface area contributed by atoms with Crippen LogP contribution >= 0.6 is 15.8 Å². The lowest BCUT2D eigenvalue weighted by Gasteiger charge is -2.47. The Kier molecular flexibility index (Phi) is 7.46. The third-order valence-electron chi connectivity index (χ3n) is 7.90. The molecule has 4 aromatic carbocycles. The molecule has 0 N–H and O–H groups in total. The first kappa shape index (κ1) is 23.9. The SMILES string of the molecule is C1=C2CC(P(c3ccccc3)c3ccccc3)C(P(c3ccccc3)c3ccccc3)CC2CCC1. The maximum Gasteiger partial charge on any atom is -0.00176 e. The van der Waals surface area contributed by atoms with Crippen molar-refractivity contribution in [3.05, 3.63) is 133 Å². The van der Waals surface area contributed by atoms with E-state index in [4.69, 9.17) is 0 Å². The maximum absolute atomic E-state index is 2.62. The Morgan fingerprint density at radius 2 is 0.917 bits per heavy atom. The van der Waals surface area contributed by atoms with Gasteiger partial charge in [0.25, 0.3) is 0 Å². The largest absolute Gasteiger partial charge is 0.0850 e. The summed E-state index contributed by atoms with van der Waals surface area (Å²) in [6.07, 6.45) is 9.19. The molecule has 0 radical (unpaired) electrons. The van der Waals surface area contributed by atoms with Crippen molar-refractivity contribution in [1.82, 2.24) is 0 Å². The molecule has 36 heavy (non-hydrogen) atoms. The number of allylic oxidation sites excluding steroid dienone is 2. The summed E-state index contributed by atoms with van der Waals surface area (Å²) < 4.78 is 0. The van der Waals surface area contributed by atoms with E-state index in [0.29, 0.717) is 11.3 Å². The van der Waals surface area contributed by atoms with Crippen LogP contribution in [0.15, 0.2) is 133 Å². The van der Waals surface area contributed by atoms with Gasteiger partial charge in [-0.2, -0.15) is 0 Å². The van der Waals surface area contributed by atoms with Crippen molar-refractivity contribution in [3.63, 3.8) is 0 Å². The predicted octanol–water partition coefficient (Wildman–Crippen LogP) is 7.51. The number of hydrogen-bond acceptors (Lipinski definition) is 0. The van der Waals surface area contributed by atoms with Crippen LogP contribution in [0.25, 0.3) is 0 Å². The predicted molar refractivity (Wildman–Crippen MR) is 160 cm³/mol. The minimum absolute atomic E-state index is 0.465. The van der Waals surface area contributed by atoms with Crippen LogP contribution in [-0.2, 0) is 0 Å². The summed E-state index contributed by atoms with van der Waals surface area (Å²) in [5, 5.41) is 6.13. The lowest BCUT2D eigenvalue weighted by molar-refractivity contribution is 0.412. The maximum atomic E-state index is 2.62. The van der Waals surface area contributed by atoms with Crippen LogP contribution in [0.2, 0.25) is 0 Å². The molecule has 180 valence electrons. The average molecular weight is 505 g/mol. The van der Waals surface area contributed by atoms with Crippen molar-refractivity contribution in [3.8, 4) is 0 Å². The van der Waals surface area contributed by atoms with Gasteiger partial charge < -0.3 is 0 Å². The highest BCUT2D eigenvalue weighted by Gasteiger charge is 2.43. The first-order valence-electron chi connectivity index (χ1n) is 13.4. The van der Waals surface area contributed by atoms with E-state index in [2.05, 4.69) is 127 Å². The Labute approximate surface area is 219 Å². The van der Waals surface area contributed by atoms with Crippen LogP contribution in [0, 0.1) is 5.92 Å². The fourth-order valence-electron chi connectivity index (χ4n) is 6.31. The molecule has 2 aliphatic rings. The third kappa shape index (κ3) is 5.00. The number of rotatable bonds is 6. The molecule has 0 saturated heterocycles. The molecular weight excluding hydrogens is 470 g/mol. The molecule has 0 amide bonds. The van der Waals surface area contributed by atoms with Crippen molar-refractivity contribution in [2.24, 2.45) is 5.92 Å². The van der Waals surface area contributed by atoms with Crippen LogP contribution in [0.1, 0.15) is 32.1 Å². The fourth-order valence-corrected chi connectivity index (χ4v) is 13.0. The summed E-state index contributed by atoms with van der Waals surface area (Å²) in [5.41, 5.74) is 3.06. The van der Waals surface area contributed by atoms with Gasteiger partial charge in [-0.15, -0.1) is 0 Å². The zero-order valence-corrected chi connectivity index (χ0v) is 22.6. The van der Waals surface area contributed by atoms with Crippen LogP contribution in [0.4, 0.5) is 0 Å². The van der Waals surface area contributed by atoms with E-state index in [0.717, 1.165) is 5.92 Å². The van der Waals surface area contributed by atoms with E-state index in [1.54, 1.807) is 5.57 Å². The Bertz CT molecular complexity index is 1190. The van der Waals surface area contributed by atoms with Gasteiger partial charge in [0.2, 0.25) is 0 Å². The second-order valence-electron chi connectivity index (χ2n) is 10.1. The number of fused-ring (bicyclic) bond motifs is 1. The van der Waals surface area contributed by atoms with Crippen molar-refractivity contribution < 1.29 is 0 Å². The smallest absolute Gasteiger partial charge is 0.00176 e. The molecule has 0 bridgehead atoms. The molecule has 2 aliphatic carbocycles. The van der Waals surface area contributed by atoms with Gasteiger partial charge in [0.15, 0.2) is 0 Å². The van der Waals surface area contributed by atoms with Crippen LogP contribution in [-0.4, -0.2) is 11.3 Å². The Morgan fingerprint density at radius 3 is 1.36 bits per heavy atom. The van der Waals surface area contributed by atoms with Crippen molar-refractivity contribution >= 4 is 37.1 Å². The van der Waals surface area contributed by atoms with Gasteiger partial charge in [-0.3, -0.25) is 0 Å². The molecule has 0 aromatic heterocycles. The Balaban J connectivity index is 1.52. The second-order valence-corrected chi connectivity index (χ2v) is 14.9. The van der Waals surface area contributed by atoms with Gasteiger partial charge in [0.1, 0.15) is 0 Å². The van der Waals surface area contributed by atoms with Gasteiger partial charge in [0.05, 0.1) is 0 Å². The van der Waals surface area contributed by atoms with Crippen LogP contribution in [0.5, 0.6) is 0 Å². The number of benzene rings is 4. The van der Waals surface area contributed by atoms with Crippen molar-refractivity contribution in [1.29, 1.82) is 0 Å². The second kappa shape index (κ2) is 11.3. The van der Waals surface area contributed by atoms with Gasteiger partial charge >= 0.3 is 0 Å². The van der Waals surface area contributed by atoms with E-state index in [-0.39, 0.29) is 0 Å².